The Balaban J connectivity index is 1.54. The normalized spacial score (nSPS) is 23.8. The largest absolute Gasteiger partial charge is 0.460 e. The van der Waals surface area contributed by atoms with E-state index in [1.807, 2.05) is 12.1 Å². The van der Waals surface area contributed by atoms with E-state index in [0.29, 0.717) is 0 Å². The van der Waals surface area contributed by atoms with E-state index >= 15 is 0 Å². The molecule has 2 aromatic rings. The highest BCUT2D eigenvalue weighted by Gasteiger charge is 2.20. The number of hydrogen-bond donors (Lipinski definition) is 1. The lowest BCUT2D eigenvalue weighted by molar-refractivity contribution is 0.246. The van der Waals surface area contributed by atoms with Gasteiger partial charge in [0.2, 0.25) is 0 Å². The fourth-order valence-corrected chi connectivity index (χ4v) is 3.20. The molecule has 3 rings (SSSR count). The molecule has 1 aliphatic rings. The van der Waals surface area contributed by atoms with Crippen LogP contribution in [0.25, 0.3) is 11.0 Å². The second-order valence-corrected chi connectivity index (χ2v) is 5.90. The lowest BCUT2D eigenvalue weighted by Gasteiger charge is -2.28. The first-order chi connectivity index (χ1) is 9.33. The zero-order valence-electron chi connectivity index (χ0n) is 11.7. The number of nitrogens with one attached hydrogen (secondary N) is 1. The molecule has 1 saturated carbocycles. The van der Waals surface area contributed by atoms with Crippen molar-refractivity contribution in [2.75, 3.05) is 6.54 Å². The minimum Gasteiger partial charge on any atom is -0.460 e. The van der Waals surface area contributed by atoms with E-state index in [4.69, 9.17) is 4.42 Å². The molecule has 0 spiro atoms. The Bertz CT molecular complexity index is 498. The third kappa shape index (κ3) is 3.01. The zero-order valence-corrected chi connectivity index (χ0v) is 11.7. The van der Waals surface area contributed by atoms with Crippen molar-refractivity contribution >= 4 is 11.0 Å². The predicted octanol–water partition coefficient (Wildman–Crippen LogP) is 4.35. The topological polar surface area (TPSA) is 25.2 Å². The summed E-state index contributed by atoms with van der Waals surface area (Å²) in [7, 11) is 0. The number of fused-ring (bicyclic) bond motifs is 1. The van der Waals surface area contributed by atoms with Gasteiger partial charge in [0, 0.05) is 5.39 Å². The standard InChI is InChI=1S/C17H23NO/c1-13-6-2-3-8-15(13)11-18-12-16-10-14-7-4-5-9-17(14)19-16/h4-5,7,9-10,13,15,18H,2-3,6,8,11-12H2,1H3. The van der Waals surface area contributed by atoms with Gasteiger partial charge in [-0.1, -0.05) is 44.4 Å². The van der Waals surface area contributed by atoms with Crippen LogP contribution in [0.2, 0.25) is 0 Å². The Labute approximate surface area is 115 Å². The number of para-hydroxylation sites is 1. The van der Waals surface area contributed by atoms with Crippen LogP contribution >= 0.6 is 0 Å². The molecule has 1 aromatic heterocycles. The summed E-state index contributed by atoms with van der Waals surface area (Å²) >= 11 is 0. The molecule has 1 aliphatic carbocycles. The van der Waals surface area contributed by atoms with Crippen LogP contribution in [0.3, 0.4) is 0 Å². The van der Waals surface area contributed by atoms with Gasteiger partial charge in [0.15, 0.2) is 0 Å². The predicted molar refractivity (Wildman–Crippen MR) is 79.0 cm³/mol. The summed E-state index contributed by atoms with van der Waals surface area (Å²) in [5.74, 6) is 2.76. The lowest BCUT2D eigenvalue weighted by atomic mass is 9.80. The molecule has 0 saturated heterocycles. The van der Waals surface area contributed by atoms with Gasteiger partial charge in [-0.25, -0.2) is 0 Å². The molecule has 0 radical (unpaired) electrons. The van der Waals surface area contributed by atoms with Gasteiger partial charge < -0.3 is 9.73 Å². The maximum Gasteiger partial charge on any atom is 0.134 e. The van der Waals surface area contributed by atoms with Crippen molar-refractivity contribution in [1.82, 2.24) is 5.32 Å². The highest BCUT2D eigenvalue weighted by molar-refractivity contribution is 5.77. The molecular formula is C17H23NO. The minimum absolute atomic E-state index is 0.845. The molecule has 2 nitrogen and oxygen atoms in total. The minimum atomic E-state index is 0.845. The summed E-state index contributed by atoms with van der Waals surface area (Å²) < 4.78 is 5.82. The molecule has 1 aromatic carbocycles. The first kappa shape index (κ1) is 12.7. The molecule has 0 amide bonds. The van der Waals surface area contributed by atoms with Crippen molar-refractivity contribution in [3.8, 4) is 0 Å². The van der Waals surface area contributed by atoms with Crippen molar-refractivity contribution in [3.63, 3.8) is 0 Å². The highest BCUT2D eigenvalue weighted by Crippen LogP contribution is 2.29. The first-order valence-corrected chi connectivity index (χ1v) is 7.51. The molecule has 2 heteroatoms. The van der Waals surface area contributed by atoms with Gasteiger partial charge in [0.25, 0.3) is 0 Å². The SMILES string of the molecule is CC1CCCCC1CNCc1cc2ccccc2o1. The Morgan fingerprint density at radius 2 is 2.05 bits per heavy atom. The van der Waals surface area contributed by atoms with E-state index in [1.165, 1.54) is 31.1 Å². The maximum absolute atomic E-state index is 5.82. The van der Waals surface area contributed by atoms with Gasteiger partial charge in [-0.05, 0) is 36.9 Å². The summed E-state index contributed by atoms with van der Waals surface area (Å²) in [6.45, 7) is 4.36. The van der Waals surface area contributed by atoms with Crippen molar-refractivity contribution in [1.29, 1.82) is 0 Å². The van der Waals surface area contributed by atoms with Crippen LogP contribution in [0.1, 0.15) is 38.4 Å². The van der Waals surface area contributed by atoms with Crippen molar-refractivity contribution in [3.05, 3.63) is 36.1 Å². The van der Waals surface area contributed by atoms with Crippen LogP contribution in [-0.2, 0) is 6.54 Å². The van der Waals surface area contributed by atoms with Crippen LogP contribution in [-0.4, -0.2) is 6.54 Å². The van der Waals surface area contributed by atoms with E-state index in [9.17, 15) is 0 Å². The highest BCUT2D eigenvalue weighted by atomic mass is 16.3. The summed E-state index contributed by atoms with van der Waals surface area (Å²) in [4.78, 5) is 0. The van der Waals surface area contributed by atoms with E-state index in [-0.39, 0.29) is 0 Å². The second kappa shape index (κ2) is 5.79. The summed E-state index contributed by atoms with van der Waals surface area (Å²) in [5, 5.41) is 4.77. The van der Waals surface area contributed by atoms with Gasteiger partial charge >= 0.3 is 0 Å². The third-order valence-corrected chi connectivity index (χ3v) is 4.47. The maximum atomic E-state index is 5.82. The molecule has 0 bridgehead atoms. The van der Waals surface area contributed by atoms with Crippen LogP contribution in [0, 0.1) is 11.8 Å². The molecule has 2 atom stereocenters. The third-order valence-electron chi connectivity index (χ3n) is 4.47. The van der Waals surface area contributed by atoms with Gasteiger partial charge in [0.1, 0.15) is 11.3 Å². The van der Waals surface area contributed by atoms with Gasteiger partial charge in [-0.15, -0.1) is 0 Å². The molecule has 2 unspecified atom stereocenters. The van der Waals surface area contributed by atoms with Crippen LogP contribution in [0.5, 0.6) is 0 Å². The Morgan fingerprint density at radius 3 is 2.89 bits per heavy atom. The molecule has 1 N–H and O–H groups in total. The molecular weight excluding hydrogens is 234 g/mol. The monoisotopic (exact) mass is 257 g/mol. The Hall–Kier alpha value is -1.28. The quantitative estimate of drug-likeness (QED) is 0.881. The molecule has 0 aliphatic heterocycles. The van der Waals surface area contributed by atoms with Crippen LogP contribution in [0.15, 0.2) is 34.7 Å². The van der Waals surface area contributed by atoms with Crippen molar-refractivity contribution in [2.45, 2.75) is 39.2 Å². The fourth-order valence-electron chi connectivity index (χ4n) is 3.20. The number of rotatable bonds is 4. The summed E-state index contributed by atoms with van der Waals surface area (Å²) in [6.07, 6.45) is 5.61. The number of furan rings is 1. The van der Waals surface area contributed by atoms with E-state index in [0.717, 1.165) is 36.3 Å². The second-order valence-electron chi connectivity index (χ2n) is 5.90. The van der Waals surface area contributed by atoms with Gasteiger partial charge in [-0.2, -0.15) is 0 Å². The molecule has 1 fully saturated rings. The van der Waals surface area contributed by atoms with E-state index in [1.54, 1.807) is 0 Å². The first-order valence-electron chi connectivity index (χ1n) is 7.51. The number of benzene rings is 1. The number of hydrogen-bond acceptors (Lipinski definition) is 2. The smallest absolute Gasteiger partial charge is 0.134 e. The van der Waals surface area contributed by atoms with E-state index in [2.05, 4.69) is 30.4 Å². The Kier molecular flexibility index (Phi) is 3.88. The molecule has 19 heavy (non-hydrogen) atoms. The fraction of sp³-hybridized carbons (Fsp3) is 0.529. The van der Waals surface area contributed by atoms with Gasteiger partial charge in [-0.3, -0.25) is 0 Å². The van der Waals surface area contributed by atoms with Crippen molar-refractivity contribution in [2.24, 2.45) is 11.8 Å². The zero-order chi connectivity index (χ0) is 13.1. The lowest BCUT2D eigenvalue weighted by Crippen LogP contribution is -2.28. The summed E-state index contributed by atoms with van der Waals surface area (Å²) in [5.41, 5.74) is 0.991. The summed E-state index contributed by atoms with van der Waals surface area (Å²) in [6, 6.07) is 10.4. The van der Waals surface area contributed by atoms with Crippen molar-refractivity contribution < 1.29 is 4.42 Å². The van der Waals surface area contributed by atoms with Crippen LogP contribution < -0.4 is 5.32 Å². The van der Waals surface area contributed by atoms with Gasteiger partial charge in [0.05, 0.1) is 6.54 Å². The molecule has 102 valence electrons. The molecule has 1 heterocycles. The van der Waals surface area contributed by atoms with Crippen LogP contribution in [0.4, 0.5) is 0 Å². The average Bonchev–Trinajstić information content (AvgIpc) is 2.83. The van der Waals surface area contributed by atoms with E-state index < -0.39 is 0 Å². The average molecular weight is 257 g/mol. The Morgan fingerprint density at radius 1 is 1.21 bits per heavy atom.